The zero-order valence-corrected chi connectivity index (χ0v) is 19.2. The van der Waals surface area contributed by atoms with Gasteiger partial charge in [-0.2, -0.15) is 4.31 Å². The number of carbonyl (C=O) groups is 2. The first-order valence-corrected chi connectivity index (χ1v) is 12.3. The fourth-order valence-electron chi connectivity index (χ4n) is 4.08. The third-order valence-corrected chi connectivity index (χ3v) is 8.27. The summed E-state index contributed by atoms with van der Waals surface area (Å²) in [5, 5.41) is 2.95. The molecule has 30 heavy (non-hydrogen) atoms. The smallest absolute Gasteiger partial charge is 0.243 e. The van der Waals surface area contributed by atoms with Gasteiger partial charge in [0, 0.05) is 30.2 Å². The van der Waals surface area contributed by atoms with Crippen LogP contribution in [0.5, 0.6) is 0 Å². The molecule has 8 heteroatoms. The van der Waals surface area contributed by atoms with Crippen molar-refractivity contribution in [2.45, 2.75) is 82.7 Å². The monoisotopic (exact) mass is 435 g/mol. The van der Waals surface area contributed by atoms with Crippen molar-refractivity contribution in [1.29, 1.82) is 0 Å². The molecule has 0 aromatic heterocycles. The Morgan fingerprint density at radius 1 is 1.23 bits per heavy atom. The molecule has 2 heterocycles. The maximum atomic E-state index is 13.2. The van der Waals surface area contributed by atoms with Crippen LogP contribution in [0.1, 0.15) is 65.4 Å². The number of hydrogen-bond donors (Lipinski definition) is 1. The Morgan fingerprint density at radius 2 is 1.97 bits per heavy atom. The van der Waals surface area contributed by atoms with Crippen molar-refractivity contribution in [2.24, 2.45) is 0 Å². The topological polar surface area (TPSA) is 86.8 Å². The van der Waals surface area contributed by atoms with E-state index in [9.17, 15) is 18.0 Å². The second-order valence-corrected chi connectivity index (χ2v) is 10.9. The standard InChI is InChI=1S/C22H33N3O4S/c1-5-22(3,4)23-20(26)15-24-19-11-10-18(14-17(19)9-12-21(24)27)30(28,29)25-13-7-6-8-16(25)2/h10-11,14,16H,5-9,12-13,15H2,1-4H3,(H,23,26)/t16-/m0/s1. The van der Waals surface area contributed by atoms with E-state index >= 15 is 0 Å². The zero-order valence-electron chi connectivity index (χ0n) is 18.4. The molecule has 0 radical (unpaired) electrons. The molecular weight excluding hydrogens is 402 g/mol. The van der Waals surface area contributed by atoms with Gasteiger partial charge in [-0.25, -0.2) is 8.42 Å². The number of anilines is 1. The number of sulfonamides is 1. The number of nitrogens with zero attached hydrogens (tertiary/aromatic N) is 2. The van der Waals surface area contributed by atoms with Crippen molar-refractivity contribution in [3.8, 4) is 0 Å². The van der Waals surface area contributed by atoms with Gasteiger partial charge in [0.15, 0.2) is 0 Å². The summed E-state index contributed by atoms with van der Waals surface area (Å²) in [5.74, 6) is -0.339. The molecule has 1 saturated heterocycles. The Labute approximate surface area is 179 Å². The quantitative estimate of drug-likeness (QED) is 0.744. The number of fused-ring (bicyclic) bond motifs is 1. The van der Waals surface area contributed by atoms with E-state index in [4.69, 9.17) is 0 Å². The summed E-state index contributed by atoms with van der Waals surface area (Å²) in [7, 11) is -3.58. The summed E-state index contributed by atoms with van der Waals surface area (Å²) >= 11 is 0. The van der Waals surface area contributed by atoms with E-state index in [1.165, 1.54) is 4.90 Å². The van der Waals surface area contributed by atoms with Crippen molar-refractivity contribution >= 4 is 27.5 Å². The number of amides is 2. The summed E-state index contributed by atoms with van der Waals surface area (Å²) in [6, 6.07) is 4.91. The molecule has 2 aliphatic rings. The molecule has 1 fully saturated rings. The lowest BCUT2D eigenvalue weighted by Gasteiger charge is -2.33. The van der Waals surface area contributed by atoms with Crippen LogP contribution >= 0.6 is 0 Å². The van der Waals surface area contributed by atoms with Crippen molar-refractivity contribution in [1.82, 2.24) is 9.62 Å². The molecule has 166 valence electrons. The van der Waals surface area contributed by atoms with Gasteiger partial charge in [0.05, 0.1) is 4.90 Å². The largest absolute Gasteiger partial charge is 0.350 e. The number of nitrogens with one attached hydrogen (secondary N) is 1. The predicted octanol–water partition coefficient (Wildman–Crippen LogP) is 2.83. The summed E-state index contributed by atoms with van der Waals surface area (Å²) in [6.07, 6.45) is 4.31. The van der Waals surface area contributed by atoms with Crippen LogP contribution in [0.25, 0.3) is 0 Å². The van der Waals surface area contributed by atoms with E-state index in [2.05, 4.69) is 5.32 Å². The van der Waals surface area contributed by atoms with Gasteiger partial charge in [-0.05, 0) is 70.2 Å². The highest BCUT2D eigenvalue weighted by Crippen LogP contribution is 2.32. The maximum Gasteiger partial charge on any atom is 0.243 e. The molecule has 2 aliphatic heterocycles. The highest BCUT2D eigenvalue weighted by atomic mass is 32.2. The van der Waals surface area contributed by atoms with Crippen molar-refractivity contribution in [3.05, 3.63) is 23.8 Å². The van der Waals surface area contributed by atoms with E-state index in [0.717, 1.165) is 31.2 Å². The Balaban J connectivity index is 1.85. The Kier molecular flexibility index (Phi) is 6.57. The summed E-state index contributed by atoms with van der Waals surface area (Å²) in [4.78, 5) is 26.8. The van der Waals surface area contributed by atoms with E-state index in [1.807, 2.05) is 27.7 Å². The van der Waals surface area contributed by atoms with Crippen molar-refractivity contribution in [2.75, 3.05) is 18.0 Å². The normalized spacial score (nSPS) is 20.7. The fourth-order valence-corrected chi connectivity index (χ4v) is 5.83. The molecule has 7 nitrogen and oxygen atoms in total. The molecule has 1 atom stereocenters. The molecule has 1 aromatic rings. The van der Waals surface area contributed by atoms with Crippen LogP contribution in [0.4, 0.5) is 5.69 Å². The number of benzene rings is 1. The van der Waals surface area contributed by atoms with Crippen LogP contribution < -0.4 is 10.2 Å². The van der Waals surface area contributed by atoms with Gasteiger partial charge in [0.25, 0.3) is 0 Å². The number of aryl methyl sites for hydroxylation is 1. The van der Waals surface area contributed by atoms with E-state index in [-0.39, 0.29) is 41.3 Å². The van der Waals surface area contributed by atoms with E-state index in [1.54, 1.807) is 22.5 Å². The highest BCUT2D eigenvalue weighted by Gasteiger charge is 2.33. The Morgan fingerprint density at radius 3 is 2.63 bits per heavy atom. The van der Waals surface area contributed by atoms with Gasteiger partial charge in [-0.1, -0.05) is 13.3 Å². The Bertz CT molecular complexity index is 926. The maximum absolute atomic E-state index is 13.2. The lowest BCUT2D eigenvalue weighted by molar-refractivity contribution is -0.125. The Hall–Kier alpha value is -1.93. The minimum Gasteiger partial charge on any atom is -0.350 e. The average Bonchev–Trinajstić information content (AvgIpc) is 2.69. The van der Waals surface area contributed by atoms with E-state index < -0.39 is 10.0 Å². The molecule has 0 unspecified atom stereocenters. The minimum absolute atomic E-state index is 0.0107. The number of hydrogen-bond acceptors (Lipinski definition) is 4. The third kappa shape index (κ3) is 4.70. The van der Waals surface area contributed by atoms with Gasteiger partial charge in [0.1, 0.15) is 6.54 Å². The molecule has 3 rings (SSSR count). The molecule has 1 aromatic carbocycles. The van der Waals surface area contributed by atoms with Crippen molar-refractivity contribution < 1.29 is 18.0 Å². The van der Waals surface area contributed by atoms with Crippen LogP contribution in [0.15, 0.2) is 23.1 Å². The predicted molar refractivity (Wildman–Crippen MR) is 117 cm³/mol. The number of carbonyl (C=O) groups excluding carboxylic acids is 2. The molecule has 0 bridgehead atoms. The second kappa shape index (κ2) is 8.67. The summed E-state index contributed by atoms with van der Waals surface area (Å²) < 4.78 is 27.9. The summed E-state index contributed by atoms with van der Waals surface area (Å²) in [6.45, 7) is 8.30. The zero-order chi connectivity index (χ0) is 22.1. The lowest BCUT2D eigenvalue weighted by Crippen LogP contribution is -2.49. The SMILES string of the molecule is CCC(C)(C)NC(=O)CN1C(=O)CCc2cc(S(=O)(=O)N3CCCC[C@@H]3C)ccc21. The average molecular weight is 436 g/mol. The number of piperidine rings is 1. The highest BCUT2D eigenvalue weighted by molar-refractivity contribution is 7.89. The molecule has 1 N–H and O–H groups in total. The van der Waals surface area contributed by atoms with Gasteiger partial charge in [0.2, 0.25) is 21.8 Å². The first-order chi connectivity index (χ1) is 14.0. The van der Waals surface area contributed by atoms with E-state index in [0.29, 0.717) is 18.7 Å². The van der Waals surface area contributed by atoms with Crippen LogP contribution in [-0.4, -0.2) is 49.2 Å². The van der Waals surface area contributed by atoms with Gasteiger partial charge >= 0.3 is 0 Å². The number of rotatable bonds is 6. The lowest BCUT2D eigenvalue weighted by atomic mass is 10.0. The van der Waals surface area contributed by atoms with Crippen molar-refractivity contribution in [3.63, 3.8) is 0 Å². The third-order valence-electron chi connectivity index (χ3n) is 6.26. The minimum atomic E-state index is -3.58. The molecule has 0 aliphatic carbocycles. The second-order valence-electron chi connectivity index (χ2n) is 9.02. The van der Waals surface area contributed by atoms with Gasteiger partial charge in [-0.15, -0.1) is 0 Å². The molecule has 2 amide bonds. The van der Waals surface area contributed by atoms with Gasteiger partial charge in [-0.3, -0.25) is 9.59 Å². The summed E-state index contributed by atoms with van der Waals surface area (Å²) in [5.41, 5.74) is 1.08. The molecular formula is C22H33N3O4S. The first kappa shape index (κ1) is 22.7. The van der Waals surface area contributed by atoms with Crippen LogP contribution in [0.2, 0.25) is 0 Å². The molecule has 0 saturated carbocycles. The molecule has 0 spiro atoms. The van der Waals surface area contributed by atoms with Crippen LogP contribution in [0, 0.1) is 0 Å². The van der Waals surface area contributed by atoms with Gasteiger partial charge < -0.3 is 10.2 Å². The fraction of sp³-hybridized carbons (Fsp3) is 0.636. The van der Waals surface area contributed by atoms with Crippen LogP contribution in [0.3, 0.4) is 0 Å². The first-order valence-electron chi connectivity index (χ1n) is 10.8. The van der Waals surface area contributed by atoms with Crippen LogP contribution in [-0.2, 0) is 26.0 Å².